The van der Waals surface area contributed by atoms with Crippen molar-refractivity contribution in [2.24, 2.45) is 5.92 Å². The molecule has 1 fully saturated rings. The highest BCUT2D eigenvalue weighted by Gasteiger charge is 2.35. The summed E-state index contributed by atoms with van der Waals surface area (Å²) < 4.78 is 26.3. The fourth-order valence-electron chi connectivity index (χ4n) is 2.40. The Kier molecular flexibility index (Phi) is 4.83. The lowest BCUT2D eigenvalue weighted by molar-refractivity contribution is 0.356. The summed E-state index contributed by atoms with van der Waals surface area (Å²) in [7, 11) is 0.372. The van der Waals surface area contributed by atoms with E-state index in [0.717, 1.165) is 30.5 Å². The average molecular weight is 296 g/mol. The molecule has 1 N–H and O–H groups in total. The van der Waals surface area contributed by atoms with Gasteiger partial charge in [0.15, 0.2) is 0 Å². The number of hydrogen-bond acceptors (Lipinski definition) is 3. The molecule has 5 heteroatoms. The topological polar surface area (TPSA) is 49.4 Å². The molecule has 1 aromatic carbocycles. The van der Waals surface area contributed by atoms with E-state index >= 15 is 0 Å². The van der Waals surface area contributed by atoms with Gasteiger partial charge >= 0.3 is 0 Å². The maximum Gasteiger partial charge on any atom is 0.218 e. The number of hydrogen-bond donors (Lipinski definition) is 1. The zero-order valence-corrected chi connectivity index (χ0v) is 13.3. The molecule has 0 saturated heterocycles. The third-order valence-electron chi connectivity index (χ3n) is 4.07. The SMILES string of the molecule is CNCc1ccc(CS(=O)(=O)N(C)C(C)C2CC2)cc1. The monoisotopic (exact) mass is 296 g/mol. The van der Waals surface area contributed by atoms with Gasteiger partial charge in [0.05, 0.1) is 5.75 Å². The highest BCUT2D eigenvalue weighted by Crippen LogP contribution is 2.35. The van der Waals surface area contributed by atoms with Gasteiger partial charge in [-0.05, 0) is 43.9 Å². The first-order valence-corrected chi connectivity index (χ1v) is 8.73. The quantitative estimate of drug-likeness (QED) is 0.837. The van der Waals surface area contributed by atoms with Gasteiger partial charge < -0.3 is 5.32 Å². The van der Waals surface area contributed by atoms with E-state index in [4.69, 9.17) is 0 Å². The van der Waals surface area contributed by atoms with Crippen molar-refractivity contribution in [1.82, 2.24) is 9.62 Å². The maximum absolute atomic E-state index is 12.4. The molecule has 1 aliphatic rings. The molecule has 1 aliphatic carbocycles. The first-order valence-electron chi connectivity index (χ1n) is 7.12. The first-order chi connectivity index (χ1) is 9.44. The molecule has 112 valence electrons. The van der Waals surface area contributed by atoms with E-state index in [-0.39, 0.29) is 11.8 Å². The molecule has 1 saturated carbocycles. The number of sulfonamides is 1. The molecule has 4 nitrogen and oxygen atoms in total. The van der Waals surface area contributed by atoms with Gasteiger partial charge in [-0.3, -0.25) is 0 Å². The van der Waals surface area contributed by atoms with Gasteiger partial charge in [-0.25, -0.2) is 12.7 Å². The molecule has 0 heterocycles. The predicted molar refractivity (Wildman–Crippen MR) is 81.8 cm³/mol. The number of rotatable bonds is 7. The molecule has 0 aliphatic heterocycles. The fraction of sp³-hybridized carbons (Fsp3) is 0.600. The molecule has 1 aromatic rings. The van der Waals surface area contributed by atoms with Crippen molar-refractivity contribution >= 4 is 10.0 Å². The van der Waals surface area contributed by atoms with E-state index in [9.17, 15) is 8.42 Å². The summed E-state index contributed by atoms with van der Waals surface area (Å²) in [5.74, 6) is 0.633. The van der Waals surface area contributed by atoms with Crippen LogP contribution in [0.4, 0.5) is 0 Å². The molecule has 1 atom stereocenters. The Labute approximate surface area is 122 Å². The molecule has 0 bridgehead atoms. The smallest absolute Gasteiger partial charge is 0.218 e. The summed E-state index contributed by atoms with van der Waals surface area (Å²) in [4.78, 5) is 0. The van der Waals surface area contributed by atoms with E-state index in [1.807, 2.05) is 38.2 Å². The van der Waals surface area contributed by atoms with Crippen molar-refractivity contribution in [3.63, 3.8) is 0 Å². The Morgan fingerprint density at radius 2 is 1.80 bits per heavy atom. The predicted octanol–water partition coefficient (Wildman–Crippen LogP) is 1.97. The lowest BCUT2D eigenvalue weighted by Crippen LogP contribution is -2.37. The summed E-state index contributed by atoms with van der Waals surface area (Å²) in [6, 6.07) is 7.88. The minimum atomic E-state index is -3.23. The van der Waals surface area contributed by atoms with Crippen LogP contribution in [0, 0.1) is 5.92 Å². The lowest BCUT2D eigenvalue weighted by Gasteiger charge is -2.24. The van der Waals surface area contributed by atoms with Crippen LogP contribution in [0.5, 0.6) is 0 Å². The molecule has 0 spiro atoms. The minimum absolute atomic E-state index is 0.0837. The number of nitrogens with one attached hydrogen (secondary N) is 1. The van der Waals surface area contributed by atoms with Crippen LogP contribution in [0.25, 0.3) is 0 Å². The highest BCUT2D eigenvalue weighted by molar-refractivity contribution is 7.88. The highest BCUT2D eigenvalue weighted by atomic mass is 32.2. The van der Waals surface area contributed by atoms with Crippen molar-refractivity contribution in [2.75, 3.05) is 14.1 Å². The summed E-state index contributed by atoms with van der Waals surface area (Å²) in [6.45, 7) is 2.80. The molecule has 20 heavy (non-hydrogen) atoms. The second kappa shape index (κ2) is 6.24. The maximum atomic E-state index is 12.4. The molecule has 2 rings (SSSR count). The fourth-order valence-corrected chi connectivity index (χ4v) is 3.89. The van der Waals surface area contributed by atoms with Gasteiger partial charge in [-0.2, -0.15) is 0 Å². The average Bonchev–Trinajstić information content (AvgIpc) is 3.24. The third kappa shape index (κ3) is 3.81. The van der Waals surface area contributed by atoms with Gasteiger partial charge in [0, 0.05) is 19.6 Å². The van der Waals surface area contributed by atoms with E-state index < -0.39 is 10.0 Å². The van der Waals surface area contributed by atoms with Crippen LogP contribution in [0.1, 0.15) is 30.9 Å². The Morgan fingerprint density at radius 1 is 1.25 bits per heavy atom. The molecule has 1 unspecified atom stereocenters. The molecule has 0 aromatic heterocycles. The van der Waals surface area contributed by atoms with Crippen LogP contribution in [0.3, 0.4) is 0 Å². The normalized spacial score (nSPS) is 17.4. The largest absolute Gasteiger partial charge is 0.316 e. The van der Waals surface area contributed by atoms with Gasteiger partial charge in [-0.1, -0.05) is 24.3 Å². The Balaban J connectivity index is 2.03. The summed E-state index contributed by atoms with van der Waals surface area (Å²) in [5.41, 5.74) is 2.01. The third-order valence-corrected chi connectivity index (χ3v) is 5.98. The van der Waals surface area contributed by atoms with Crippen molar-refractivity contribution in [2.45, 2.75) is 38.1 Å². The number of nitrogens with zero attached hydrogens (tertiary/aromatic N) is 1. The Hall–Kier alpha value is -0.910. The molecular weight excluding hydrogens is 272 g/mol. The summed E-state index contributed by atoms with van der Waals surface area (Å²) in [5, 5.41) is 3.08. The van der Waals surface area contributed by atoms with Gasteiger partial charge in [0.25, 0.3) is 0 Å². The number of benzene rings is 1. The van der Waals surface area contributed by atoms with Crippen molar-refractivity contribution < 1.29 is 8.42 Å². The summed E-state index contributed by atoms with van der Waals surface area (Å²) in [6.07, 6.45) is 2.31. The van der Waals surface area contributed by atoms with Crippen molar-refractivity contribution in [3.8, 4) is 0 Å². The van der Waals surface area contributed by atoms with Crippen LogP contribution in [-0.4, -0.2) is 32.9 Å². The van der Waals surface area contributed by atoms with Crippen LogP contribution in [0.2, 0.25) is 0 Å². The zero-order chi connectivity index (χ0) is 14.8. The Morgan fingerprint density at radius 3 is 2.30 bits per heavy atom. The standard InChI is InChI=1S/C15H24N2O2S/c1-12(15-8-9-15)17(3)20(18,19)11-14-6-4-13(5-7-14)10-16-2/h4-7,12,15-16H,8-11H2,1-3H3. The van der Waals surface area contributed by atoms with E-state index in [0.29, 0.717) is 5.92 Å². The van der Waals surface area contributed by atoms with Gasteiger partial charge in [0.2, 0.25) is 10.0 Å². The second-order valence-corrected chi connectivity index (χ2v) is 7.73. The van der Waals surface area contributed by atoms with Crippen LogP contribution in [-0.2, 0) is 22.3 Å². The van der Waals surface area contributed by atoms with Crippen LogP contribution < -0.4 is 5.32 Å². The molecule has 0 radical (unpaired) electrons. The minimum Gasteiger partial charge on any atom is -0.316 e. The summed E-state index contributed by atoms with van der Waals surface area (Å²) >= 11 is 0. The van der Waals surface area contributed by atoms with Gasteiger partial charge in [-0.15, -0.1) is 0 Å². The zero-order valence-electron chi connectivity index (χ0n) is 12.5. The van der Waals surface area contributed by atoms with E-state index in [1.54, 1.807) is 11.4 Å². The molecule has 0 amide bonds. The van der Waals surface area contributed by atoms with Crippen molar-refractivity contribution in [3.05, 3.63) is 35.4 Å². The second-order valence-electron chi connectivity index (χ2n) is 5.70. The van der Waals surface area contributed by atoms with E-state index in [2.05, 4.69) is 5.32 Å². The first kappa shape index (κ1) is 15.5. The van der Waals surface area contributed by atoms with Gasteiger partial charge in [0.1, 0.15) is 0 Å². The van der Waals surface area contributed by atoms with Crippen molar-refractivity contribution in [1.29, 1.82) is 0 Å². The van der Waals surface area contributed by atoms with E-state index in [1.165, 1.54) is 0 Å². The Bertz CT molecular complexity index is 535. The lowest BCUT2D eigenvalue weighted by atomic mass is 10.1. The van der Waals surface area contributed by atoms with Crippen LogP contribution in [0.15, 0.2) is 24.3 Å². The van der Waals surface area contributed by atoms with Crippen LogP contribution >= 0.6 is 0 Å². The molecular formula is C15H24N2O2S.